The number of benzene rings is 1. The van der Waals surface area contributed by atoms with E-state index in [2.05, 4.69) is 31.9 Å². The molecule has 3 aromatic rings. The Bertz CT molecular complexity index is 961. The molecule has 0 atom stereocenters. The Kier molecular flexibility index (Phi) is 4.38. The average molecular weight is 444 g/mol. The Morgan fingerprint density at radius 3 is 2.62 bits per heavy atom. The molecule has 0 aliphatic carbocycles. The van der Waals surface area contributed by atoms with Crippen LogP contribution in [-0.2, 0) is 10.0 Å². The number of anilines is 1. The van der Waals surface area contributed by atoms with Gasteiger partial charge in [-0.25, -0.2) is 13.4 Å². The van der Waals surface area contributed by atoms with E-state index in [0.29, 0.717) is 30.4 Å². The molecule has 0 radical (unpaired) electrons. The van der Waals surface area contributed by atoms with E-state index >= 15 is 0 Å². The second-order valence-corrected chi connectivity index (χ2v) is 10.5. The Balaban J connectivity index is 1.51. The second-order valence-electron chi connectivity index (χ2n) is 5.43. The van der Waals surface area contributed by atoms with Gasteiger partial charge in [-0.1, -0.05) is 33.3 Å². The van der Waals surface area contributed by atoms with E-state index in [-0.39, 0.29) is 0 Å². The Hall–Kier alpha value is -1.000. The number of sulfonamides is 1. The number of aromatic nitrogens is 1. The lowest BCUT2D eigenvalue weighted by molar-refractivity contribution is 0.386. The van der Waals surface area contributed by atoms with Crippen molar-refractivity contribution in [2.75, 3.05) is 31.1 Å². The summed E-state index contributed by atoms with van der Waals surface area (Å²) in [4.78, 5) is 6.84. The molecule has 1 aromatic carbocycles. The number of hydrogen-bond donors (Lipinski definition) is 0. The zero-order chi connectivity index (χ0) is 16.7. The van der Waals surface area contributed by atoms with E-state index in [1.54, 1.807) is 33.2 Å². The molecule has 0 saturated carbocycles. The van der Waals surface area contributed by atoms with Crippen molar-refractivity contribution >= 4 is 64.0 Å². The molecule has 9 heteroatoms. The highest BCUT2D eigenvalue weighted by atomic mass is 79.9. The zero-order valence-corrected chi connectivity index (χ0v) is 16.6. The third kappa shape index (κ3) is 2.99. The summed E-state index contributed by atoms with van der Waals surface area (Å²) in [5.41, 5.74) is 0.979. The Morgan fingerprint density at radius 1 is 1.12 bits per heavy atom. The molecule has 0 unspecified atom stereocenters. The van der Waals surface area contributed by atoms with Crippen LogP contribution in [0.3, 0.4) is 0 Å². The minimum absolute atomic E-state index is 0.417. The maximum absolute atomic E-state index is 12.6. The minimum Gasteiger partial charge on any atom is -0.345 e. The largest absolute Gasteiger partial charge is 0.345 e. The molecule has 1 saturated heterocycles. The van der Waals surface area contributed by atoms with Gasteiger partial charge < -0.3 is 4.90 Å². The molecule has 0 spiro atoms. The van der Waals surface area contributed by atoms with Crippen molar-refractivity contribution in [1.29, 1.82) is 0 Å². The van der Waals surface area contributed by atoms with Crippen LogP contribution in [0.1, 0.15) is 0 Å². The molecule has 4 rings (SSSR count). The topological polar surface area (TPSA) is 53.5 Å². The number of nitrogens with zero attached hydrogens (tertiary/aromatic N) is 3. The second kappa shape index (κ2) is 6.38. The maximum atomic E-state index is 12.6. The van der Waals surface area contributed by atoms with E-state index in [1.165, 1.54) is 11.3 Å². The average Bonchev–Trinajstić information content (AvgIpc) is 3.24. The third-order valence-electron chi connectivity index (χ3n) is 3.94. The summed E-state index contributed by atoms with van der Waals surface area (Å²) in [7, 11) is -3.35. The van der Waals surface area contributed by atoms with Crippen LogP contribution in [0, 0.1) is 0 Å². The molecule has 126 valence electrons. The van der Waals surface area contributed by atoms with Crippen molar-refractivity contribution in [2.45, 2.75) is 4.21 Å². The highest BCUT2D eigenvalue weighted by Crippen LogP contribution is 2.32. The fourth-order valence-corrected chi connectivity index (χ4v) is 6.81. The smallest absolute Gasteiger partial charge is 0.252 e. The Morgan fingerprint density at radius 2 is 1.92 bits per heavy atom. The molecule has 1 aliphatic rings. The molecule has 1 fully saturated rings. The van der Waals surface area contributed by atoms with Gasteiger partial charge in [0.25, 0.3) is 10.0 Å². The van der Waals surface area contributed by atoms with Gasteiger partial charge in [0.1, 0.15) is 4.21 Å². The van der Waals surface area contributed by atoms with E-state index < -0.39 is 10.0 Å². The third-order valence-corrected chi connectivity index (χ3v) is 8.78. The summed E-state index contributed by atoms with van der Waals surface area (Å²) < 4.78 is 29.3. The first kappa shape index (κ1) is 16.5. The minimum atomic E-state index is -3.35. The molecular weight excluding hydrogens is 430 g/mol. The van der Waals surface area contributed by atoms with Crippen molar-refractivity contribution in [3.8, 4) is 0 Å². The zero-order valence-electron chi connectivity index (χ0n) is 12.6. The number of halogens is 1. The predicted octanol–water partition coefficient (Wildman–Crippen LogP) is 3.63. The quantitative estimate of drug-likeness (QED) is 0.619. The summed E-state index contributed by atoms with van der Waals surface area (Å²) in [6.07, 6.45) is 0. The van der Waals surface area contributed by atoms with Crippen molar-refractivity contribution < 1.29 is 8.42 Å². The number of thiazole rings is 1. The van der Waals surface area contributed by atoms with Crippen molar-refractivity contribution in [1.82, 2.24) is 9.29 Å². The van der Waals surface area contributed by atoms with Gasteiger partial charge in [-0.2, -0.15) is 4.31 Å². The number of rotatable bonds is 3. The van der Waals surface area contributed by atoms with Gasteiger partial charge in [0.15, 0.2) is 5.13 Å². The maximum Gasteiger partial charge on any atom is 0.252 e. The van der Waals surface area contributed by atoms with Gasteiger partial charge in [0.05, 0.1) is 10.2 Å². The van der Waals surface area contributed by atoms with Crippen molar-refractivity contribution in [3.05, 3.63) is 40.2 Å². The van der Waals surface area contributed by atoms with Gasteiger partial charge >= 0.3 is 0 Å². The molecular formula is C15H14BrN3O2S3. The van der Waals surface area contributed by atoms with Crippen LogP contribution in [0.15, 0.2) is 44.4 Å². The van der Waals surface area contributed by atoms with Crippen LogP contribution in [0.2, 0.25) is 0 Å². The highest BCUT2D eigenvalue weighted by molar-refractivity contribution is 9.10. The SMILES string of the molecule is O=S(=O)(c1cccs1)N1CCN(c2nc3ccc(Br)cc3s2)CC1. The molecule has 0 amide bonds. The van der Waals surface area contributed by atoms with E-state index in [9.17, 15) is 8.42 Å². The van der Waals surface area contributed by atoms with Gasteiger partial charge in [0, 0.05) is 30.7 Å². The fourth-order valence-electron chi connectivity index (χ4n) is 2.68. The molecule has 1 aliphatic heterocycles. The lowest BCUT2D eigenvalue weighted by atomic mass is 10.3. The van der Waals surface area contributed by atoms with E-state index in [1.807, 2.05) is 12.1 Å². The van der Waals surface area contributed by atoms with Crippen LogP contribution >= 0.6 is 38.6 Å². The summed E-state index contributed by atoms with van der Waals surface area (Å²) in [6, 6.07) is 9.48. The molecule has 0 N–H and O–H groups in total. The summed E-state index contributed by atoms with van der Waals surface area (Å²) in [5, 5.41) is 2.75. The molecule has 24 heavy (non-hydrogen) atoms. The van der Waals surface area contributed by atoms with Crippen LogP contribution in [0.5, 0.6) is 0 Å². The van der Waals surface area contributed by atoms with Crippen LogP contribution in [0.25, 0.3) is 10.2 Å². The van der Waals surface area contributed by atoms with Gasteiger partial charge in [-0.3, -0.25) is 0 Å². The van der Waals surface area contributed by atoms with Gasteiger partial charge in [-0.15, -0.1) is 11.3 Å². The summed E-state index contributed by atoms with van der Waals surface area (Å²) >= 11 is 6.39. The van der Waals surface area contributed by atoms with Crippen molar-refractivity contribution in [2.24, 2.45) is 0 Å². The lowest BCUT2D eigenvalue weighted by Crippen LogP contribution is -2.48. The number of hydrogen-bond acceptors (Lipinski definition) is 6. The highest BCUT2D eigenvalue weighted by Gasteiger charge is 2.30. The standard InChI is InChI=1S/C15H14BrN3O2S3/c16-11-3-4-12-13(10-11)23-15(17-12)18-5-7-19(8-6-18)24(20,21)14-2-1-9-22-14/h1-4,9-10H,5-8H2. The van der Waals surface area contributed by atoms with E-state index in [4.69, 9.17) is 0 Å². The predicted molar refractivity (Wildman–Crippen MR) is 103 cm³/mol. The first-order valence-electron chi connectivity index (χ1n) is 7.39. The van der Waals surface area contributed by atoms with Crippen molar-refractivity contribution in [3.63, 3.8) is 0 Å². The number of thiophene rings is 1. The van der Waals surface area contributed by atoms with Gasteiger partial charge in [-0.05, 0) is 29.6 Å². The number of fused-ring (bicyclic) bond motifs is 1. The molecule has 5 nitrogen and oxygen atoms in total. The summed E-state index contributed by atoms with van der Waals surface area (Å²) in [6.45, 7) is 2.29. The Labute approximate surface area is 156 Å². The first-order chi connectivity index (χ1) is 11.5. The molecule has 0 bridgehead atoms. The van der Waals surface area contributed by atoms with Crippen LogP contribution in [0.4, 0.5) is 5.13 Å². The fraction of sp³-hybridized carbons (Fsp3) is 0.267. The molecule has 3 heterocycles. The van der Waals surface area contributed by atoms with E-state index in [0.717, 1.165) is 19.8 Å². The molecule has 2 aromatic heterocycles. The first-order valence-corrected chi connectivity index (χ1v) is 11.3. The normalized spacial score (nSPS) is 16.8. The monoisotopic (exact) mass is 443 g/mol. The van der Waals surface area contributed by atoms with Crippen LogP contribution < -0.4 is 4.90 Å². The van der Waals surface area contributed by atoms with Gasteiger partial charge in [0.2, 0.25) is 0 Å². The summed E-state index contributed by atoms with van der Waals surface area (Å²) in [5.74, 6) is 0. The van der Waals surface area contributed by atoms with Crippen LogP contribution in [-0.4, -0.2) is 43.9 Å². The lowest BCUT2D eigenvalue weighted by Gasteiger charge is -2.33. The number of piperazine rings is 1.